The third-order valence-corrected chi connectivity index (χ3v) is 14.9. The Morgan fingerprint density at radius 2 is 0.940 bits per heavy atom. The molecule has 0 radical (unpaired) electrons. The highest BCUT2D eigenvalue weighted by atomic mass is 16.7. The third kappa shape index (κ3) is 18.7. The van der Waals surface area contributed by atoms with Gasteiger partial charge in [0.15, 0.2) is 28.9 Å². The molecule has 0 spiro atoms. The van der Waals surface area contributed by atoms with Crippen molar-refractivity contribution >= 4 is 35.2 Å². The van der Waals surface area contributed by atoms with Gasteiger partial charge in [0.05, 0.1) is 38.6 Å². The predicted molar refractivity (Wildman–Crippen MR) is 321 cm³/mol. The minimum atomic E-state index is -1.83. The van der Waals surface area contributed by atoms with Crippen molar-refractivity contribution < 1.29 is 62.3 Å². The zero-order chi connectivity index (χ0) is 59.2. The summed E-state index contributed by atoms with van der Waals surface area (Å²) in [5.41, 5.74) is 2.67. The first-order valence-electron chi connectivity index (χ1n) is 27.5. The van der Waals surface area contributed by atoms with Gasteiger partial charge in [0.1, 0.15) is 13.2 Å². The van der Waals surface area contributed by atoms with Crippen LogP contribution < -0.4 is 10.6 Å². The Morgan fingerprint density at radius 1 is 0.571 bits per heavy atom. The Labute approximate surface area is 496 Å². The van der Waals surface area contributed by atoms with Crippen LogP contribution in [0, 0.1) is 23.7 Å². The predicted octanol–water partition coefficient (Wildman–Crippen LogP) is 4.97. The number of likely N-dealkylation sites (N-methyl/N-ethyl adjacent to an activating group) is 4. The molecule has 7 rings (SSSR count). The van der Waals surface area contributed by atoms with Crippen LogP contribution in [-0.2, 0) is 60.7 Å². The van der Waals surface area contributed by atoms with Crippen molar-refractivity contribution in [2.75, 3.05) is 115 Å². The Bertz CT molecular complexity index is 2880. The van der Waals surface area contributed by atoms with E-state index in [-0.39, 0.29) is 33.7 Å². The van der Waals surface area contributed by atoms with Crippen LogP contribution in [0.3, 0.4) is 0 Å². The van der Waals surface area contributed by atoms with E-state index in [2.05, 4.69) is 68.4 Å². The Kier molecular flexibility index (Phi) is 28.1. The standard InChI is InChI=1S/C34H43N3O7.C29H35N3O6.2CH4/c1-34(33(40)35-2,30(38)24-44-31-7-5-6-18-43-31)36(3)32(39)28-16-14-26(15-17-28)9-8-25-10-12-27(13-11-25)21-37-22-29(23-37)42-20-19-41-4;1-29(26(34)20-33,28(36)30-2)31(3)27(35)24-13-11-22(12-14-24)6-5-21-7-9-23(10-8-21)17-32-18-25(19-32)38-16-15-37-4;;/h10-17,29,31H,5-7,18-24H2,1-4H3,(H,35,40);7-14,25,33H,15-20H2,1-4H3,(H,30,36);2*1H4/t31?,34-;29-;;/m11../s1. The summed E-state index contributed by atoms with van der Waals surface area (Å²) in [6.45, 7) is 10.0. The zero-order valence-electron chi connectivity index (χ0n) is 48.4. The van der Waals surface area contributed by atoms with E-state index >= 15 is 0 Å². The Hall–Kier alpha value is -7.14. The van der Waals surface area contributed by atoms with E-state index in [1.807, 2.05) is 24.3 Å². The number of hydrogen-bond acceptors (Lipinski definition) is 15. The highest BCUT2D eigenvalue weighted by molar-refractivity contribution is 6.15. The van der Waals surface area contributed by atoms with E-state index in [9.17, 15) is 33.9 Å². The lowest BCUT2D eigenvalue weighted by Gasteiger charge is -2.38. The number of carbonyl (C=O) groups is 6. The third-order valence-electron chi connectivity index (χ3n) is 14.9. The van der Waals surface area contributed by atoms with Crippen LogP contribution in [0.15, 0.2) is 97.1 Å². The Morgan fingerprint density at radius 3 is 1.27 bits per heavy atom. The fourth-order valence-electron chi connectivity index (χ4n) is 9.21. The number of aliphatic hydroxyl groups is 1. The number of likely N-dealkylation sites (tertiary alicyclic amines) is 2. The van der Waals surface area contributed by atoms with Gasteiger partial charge in [-0.25, -0.2) is 0 Å². The van der Waals surface area contributed by atoms with Crippen molar-refractivity contribution in [3.63, 3.8) is 0 Å². The summed E-state index contributed by atoms with van der Waals surface area (Å²) < 4.78 is 32.6. The van der Waals surface area contributed by atoms with Crippen LogP contribution in [0.4, 0.5) is 0 Å². The molecule has 3 aliphatic rings. The minimum Gasteiger partial charge on any atom is -0.388 e. The maximum Gasteiger partial charge on any atom is 0.254 e. The van der Waals surface area contributed by atoms with Crippen LogP contribution in [0.1, 0.15) is 102 Å². The van der Waals surface area contributed by atoms with Gasteiger partial charge in [0.25, 0.3) is 23.6 Å². The summed E-state index contributed by atoms with van der Waals surface area (Å²) >= 11 is 0. The summed E-state index contributed by atoms with van der Waals surface area (Å²) in [7, 11) is 8.95. The normalized spacial score (nSPS) is 16.4. The maximum atomic E-state index is 13.4. The van der Waals surface area contributed by atoms with Gasteiger partial charge in [0, 0.05) is 122 Å². The first-order chi connectivity index (χ1) is 39.5. The summed E-state index contributed by atoms with van der Waals surface area (Å²) in [6, 6.07) is 29.7. The molecule has 0 aliphatic carbocycles. The van der Waals surface area contributed by atoms with Gasteiger partial charge in [0.2, 0.25) is 0 Å². The lowest BCUT2D eigenvalue weighted by atomic mass is 9.92. The molecule has 4 aromatic rings. The van der Waals surface area contributed by atoms with Crippen molar-refractivity contribution in [1.82, 2.24) is 30.2 Å². The van der Waals surface area contributed by atoms with Crippen molar-refractivity contribution in [2.45, 2.75) is 90.6 Å². The summed E-state index contributed by atoms with van der Waals surface area (Å²) in [4.78, 5) is 84.1. The van der Waals surface area contributed by atoms with Crippen LogP contribution >= 0.6 is 0 Å². The van der Waals surface area contributed by atoms with E-state index in [1.165, 1.54) is 53.2 Å². The molecule has 0 aromatic heterocycles. The molecule has 84 heavy (non-hydrogen) atoms. The maximum absolute atomic E-state index is 13.4. The number of hydrogen-bond donors (Lipinski definition) is 3. The van der Waals surface area contributed by atoms with Gasteiger partial charge in [-0.05, 0) is 117 Å². The van der Waals surface area contributed by atoms with Gasteiger partial charge >= 0.3 is 0 Å². The smallest absolute Gasteiger partial charge is 0.254 e. The average Bonchev–Trinajstić information content (AvgIpc) is 3.49. The van der Waals surface area contributed by atoms with E-state index in [4.69, 9.17) is 28.4 Å². The monoisotopic (exact) mass is 1160 g/mol. The lowest BCUT2D eigenvalue weighted by molar-refractivity contribution is -0.174. The second-order valence-electron chi connectivity index (χ2n) is 20.6. The molecule has 3 heterocycles. The number of ketones is 2. The van der Waals surface area contributed by atoms with Gasteiger partial charge in [-0.3, -0.25) is 38.6 Å². The number of benzene rings is 4. The molecule has 3 saturated heterocycles. The van der Waals surface area contributed by atoms with E-state index < -0.39 is 59.2 Å². The number of ether oxygens (including phenoxy) is 6. The lowest BCUT2D eigenvalue weighted by Crippen LogP contribution is -2.62. The number of nitrogens with one attached hydrogen (secondary N) is 2. The SMILES string of the molecule is C.C.CNC(=O)[C@@](C)(C(=O)CO)N(C)C(=O)c1ccc(C#Cc2ccc(CN3CC(OCCOC)C3)cc2)cc1.CNC(=O)[C@@](C)(C(=O)COC1CCCCO1)N(C)C(=O)c1ccc(C#Cc2ccc(CN3CC(OCCOC)C3)cc2)cc1. The summed E-state index contributed by atoms with van der Waals surface area (Å²) in [6.07, 6.45) is 2.65. The fraction of sp³-hybridized carbons (Fsp3) is 0.477. The molecule has 3 atom stereocenters. The van der Waals surface area contributed by atoms with Gasteiger partial charge in [-0.15, -0.1) is 0 Å². The highest BCUT2D eigenvalue weighted by Crippen LogP contribution is 2.24. The van der Waals surface area contributed by atoms with E-state index in [0.717, 1.165) is 78.6 Å². The van der Waals surface area contributed by atoms with Crippen LogP contribution in [-0.4, -0.2) is 204 Å². The number of rotatable bonds is 24. The van der Waals surface area contributed by atoms with Crippen LogP contribution in [0.25, 0.3) is 0 Å². The van der Waals surface area contributed by atoms with Gasteiger partial charge < -0.3 is 54.0 Å². The molecular formula is C65H86N6O13. The topological polar surface area (TPSA) is 215 Å². The molecule has 19 nitrogen and oxygen atoms in total. The zero-order valence-corrected chi connectivity index (χ0v) is 48.4. The molecule has 4 amide bonds. The molecule has 4 aromatic carbocycles. The van der Waals surface area contributed by atoms with E-state index in [0.29, 0.717) is 56.1 Å². The molecule has 0 bridgehead atoms. The van der Waals surface area contributed by atoms with Crippen molar-refractivity contribution in [3.05, 3.63) is 142 Å². The largest absolute Gasteiger partial charge is 0.388 e. The fourth-order valence-corrected chi connectivity index (χ4v) is 9.21. The number of nitrogens with zero attached hydrogens (tertiary/aromatic N) is 4. The molecule has 3 N–H and O–H groups in total. The molecule has 19 heteroatoms. The molecule has 0 saturated carbocycles. The first kappa shape index (κ1) is 69.4. The van der Waals surface area contributed by atoms with Gasteiger partial charge in [-0.1, -0.05) is 62.8 Å². The Balaban J connectivity index is 0.000000356. The second-order valence-corrected chi connectivity index (χ2v) is 20.6. The molecule has 3 fully saturated rings. The first-order valence-corrected chi connectivity index (χ1v) is 27.5. The van der Waals surface area contributed by atoms with Crippen molar-refractivity contribution in [1.29, 1.82) is 0 Å². The number of Topliss-reactive ketones (excluding diaryl/α,β-unsaturated/α-hetero) is 2. The highest BCUT2D eigenvalue weighted by Gasteiger charge is 2.48. The summed E-state index contributed by atoms with van der Waals surface area (Å²) in [5, 5.41) is 14.2. The van der Waals surface area contributed by atoms with E-state index in [1.54, 1.807) is 62.8 Å². The molecule has 1 unspecified atom stereocenters. The quantitative estimate of drug-likeness (QED) is 0.0480. The van der Waals surface area contributed by atoms with Crippen molar-refractivity contribution in [2.24, 2.45) is 0 Å². The summed E-state index contributed by atoms with van der Waals surface area (Å²) in [5.74, 6) is 8.95. The number of carbonyl (C=O) groups excluding carboxylic acids is 6. The minimum absolute atomic E-state index is 0. The average molecular weight is 1160 g/mol. The van der Waals surface area contributed by atoms with Crippen LogP contribution in [0.5, 0.6) is 0 Å². The van der Waals surface area contributed by atoms with Crippen LogP contribution in [0.2, 0.25) is 0 Å². The molecular weight excluding hydrogens is 1070 g/mol. The van der Waals surface area contributed by atoms with Crippen molar-refractivity contribution in [3.8, 4) is 23.7 Å². The second kappa shape index (κ2) is 34.0. The molecule has 3 aliphatic heterocycles. The molecule has 454 valence electrons. The van der Waals surface area contributed by atoms with Gasteiger partial charge in [-0.2, -0.15) is 0 Å². The number of methoxy groups -OCH3 is 2. The number of aliphatic hydroxyl groups excluding tert-OH is 1. The number of amides is 4.